The summed E-state index contributed by atoms with van der Waals surface area (Å²) < 4.78 is 31.2. The zero-order valence-corrected chi connectivity index (χ0v) is 16.5. The first kappa shape index (κ1) is 20.1. The smallest absolute Gasteiger partial charge is 0.337 e. The van der Waals surface area contributed by atoms with Crippen LogP contribution in [0.15, 0.2) is 57.9 Å². The zero-order valence-electron chi connectivity index (χ0n) is 14.1. The normalized spacial score (nSPS) is 11.2. The summed E-state index contributed by atoms with van der Waals surface area (Å²) >= 11 is 3.24. The van der Waals surface area contributed by atoms with E-state index in [4.69, 9.17) is 0 Å². The number of amides is 1. The van der Waals surface area contributed by atoms with Crippen LogP contribution in [0.3, 0.4) is 0 Å². The van der Waals surface area contributed by atoms with E-state index in [-0.39, 0.29) is 11.4 Å². The summed E-state index contributed by atoms with van der Waals surface area (Å²) in [6, 6.07) is 12.2. The van der Waals surface area contributed by atoms with Crippen molar-refractivity contribution in [1.82, 2.24) is 4.31 Å². The Morgan fingerprint density at radius 3 is 2.19 bits per heavy atom. The molecule has 0 unspecified atom stereocenters. The van der Waals surface area contributed by atoms with Gasteiger partial charge in [0.15, 0.2) is 0 Å². The Labute approximate surface area is 160 Å². The second-order valence-electron chi connectivity index (χ2n) is 5.33. The maximum atomic E-state index is 12.5. The molecule has 0 radical (unpaired) electrons. The van der Waals surface area contributed by atoms with E-state index in [0.717, 1.165) is 8.78 Å². The minimum absolute atomic E-state index is 0.0958. The maximum Gasteiger partial charge on any atom is 0.337 e. The predicted molar refractivity (Wildman–Crippen MR) is 100 cm³/mol. The van der Waals surface area contributed by atoms with Gasteiger partial charge in [0.05, 0.1) is 24.1 Å². The number of esters is 1. The molecule has 1 amide bonds. The molecule has 2 aromatic rings. The van der Waals surface area contributed by atoms with Gasteiger partial charge in [-0.2, -0.15) is 4.31 Å². The first-order valence-corrected chi connectivity index (χ1v) is 9.67. The lowest BCUT2D eigenvalue weighted by atomic mass is 10.2. The highest BCUT2D eigenvalue weighted by Gasteiger charge is 2.22. The van der Waals surface area contributed by atoms with E-state index in [0.29, 0.717) is 11.3 Å². The molecule has 0 saturated heterocycles. The minimum atomic E-state index is -3.77. The van der Waals surface area contributed by atoms with Crippen LogP contribution in [0, 0.1) is 0 Å². The van der Waals surface area contributed by atoms with Gasteiger partial charge >= 0.3 is 5.97 Å². The highest BCUT2D eigenvalue weighted by Crippen LogP contribution is 2.18. The van der Waals surface area contributed by atoms with Crippen LogP contribution in [0.4, 0.5) is 5.69 Å². The average Bonchev–Trinajstić information content (AvgIpc) is 2.61. The molecule has 0 saturated carbocycles. The number of likely N-dealkylation sites (N-methyl/N-ethyl adjacent to an activating group) is 1. The van der Waals surface area contributed by atoms with E-state index >= 15 is 0 Å². The second kappa shape index (κ2) is 8.43. The summed E-state index contributed by atoms with van der Waals surface area (Å²) in [5.41, 5.74) is 0.789. The SMILES string of the molecule is COC(=O)c1ccc(NC(=O)CN(C)S(=O)(=O)c2ccc(Br)cc2)cc1. The monoisotopic (exact) mass is 440 g/mol. The number of ether oxygens (including phenoxy) is 1. The molecule has 1 N–H and O–H groups in total. The molecular formula is C17H17BrN2O5S. The number of methoxy groups -OCH3 is 1. The van der Waals surface area contributed by atoms with E-state index in [1.54, 1.807) is 12.1 Å². The Morgan fingerprint density at radius 1 is 1.08 bits per heavy atom. The minimum Gasteiger partial charge on any atom is -0.465 e. The summed E-state index contributed by atoms with van der Waals surface area (Å²) in [5.74, 6) is -0.984. The zero-order chi connectivity index (χ0) is 19.3. The van der Waals surface area contributed by atoms with E-state index in [9.17, 15) is 18.0 Å². The molecule has 138 valence electrons. The topological polar surface area (TPSA) is 92.8 Å². The van der Waals surface area contributed by atoms with Gasteiger partial charge < -0.3 is 10.1 Å². The second-order valence-corrected chi connectivity index (χ2v) is 8.29. The number of hydrogen-bond acceptors (Lipinski definition) is 5. The number of anilines is 1. The van der Waals surface area contributed by atoms with Crippen molar-refractivity contribution < 1.29 is 22.7 Å². The van der Waals surface area contributed by atoms with Crippen molar-refractivity contribution in [2.24, 2.45) is 0 Å². The van der Waals surface area contributed by atoms with E-state index in [1.807, 2.05) is 0 Å². The molecule has 0 fully saturated rings. The third kappa shape index (κ3) is 4.90. The molecule has 0 aliphatic heterocycles. The van der Waals surface area contributed by atoms with Crippen molar-refractivity contribution in [1.29, 1.82) is 0 Å². The summed E-state index contributed by atoms with van der Waals surface area (Å²) in [6.45, 7) is -0.350. The van der Waals surface area contributed by atoms with E-state index in [1.165, 1.54) is 50.6 Å². The number of carbonyl (C=O) groups excluding carboxylic acids is 2. The van der Waals surface area contributed by atoms with Crippen LogP contribution in [0.5, 0.6) is 0 Å². The Bertz CT molecular complexity index is 896. The van der Waals surface area contributed by atoms with E-state index < -0.39 is 21.9 Å². The number of nitrogens with one attached hydrogen (secondary N) is 1. The fourth-order valence-electron chi connectivity index (χ4n) is 2.08. The van der Waals surface area contributed by atoms with Gasteiger partial charge in [0.25, 0.3) is 0 Å². The van der Waals surface area contributed by atoms with Crippen LogP contribution in [-0.2, 0) is 19.6 Å². The molecule has 0 aromatic heterocycles. The maximum absolute atomic E-state index is 12.5. The summed E-state index contributed by atoms with van der Waals surface area (Å²) in [6.07, 6.45) is 0. The lowest BCUT2D eigenvalue weighted by Crippen LogP contribution is -2.34. The highest BCUT2D eigenvalue weighted by atomic mass is 79.9. The van der Waals surface area contributed by atoms with Gasteiger partial charge in [-0.3, -0.25) is 4.79 Å². The van der Waals surface area contributed by atoms with Gasteiger partial charge in [0.2, 0.25) is 15.9 Å². The molecule has 0 heterocycles. The Morgan fingerprint density at radius 2 is 1.65 bits per heavy atom. The number of halogens is 1. The van der Waals surface area contributed by atoms with Gasteiger partial charge in [-0.05, 0) is 48.5 Å². The fraction of sp³-hybridized carbons (Fsp3) is 0.176. The average molecular weight is 441 g/mol. The molecule has 26 heavy (non-hydrogen) atoms. The van der Waals surface area contributed by atoms with Crippen molar-refractivity contribution in [2.45, 2.75) is 4.90 Å². The fourth-order valence-corrected chi connectivity index (χ4v) is 3.47. The van der Waals surface area contributed by atoms with Gasteiger partial charge in [-0.1, -0.05) is 15.9 Å². The van der Waals surface area contributed by atoms with Crippen molar-refractivity contribution in [2.75, 3.05) is 26.0 Å². The molecule has 9 heteroatoms. The third-order valence-electron chi connectivity index (χ3n) is 3.48. The number of carbonyl (C=O) groups is 2. The van der Waals surface area contributed by atoms with Crippen LogP contribution < -0.4 is 5.32 Å². The molecular weight excluding hydrogens is 424 g/mol. The number of rotatable bonds is 6. The lowest BCUT2D eigenvalue weighted by Gasteiger charge is -2.17. The van der Waals surface area contributed by atoms with Crippen LogP contribution in [0.1, 0.15) is 10.4 Å². The molecule has 0 atom stereocenters. The predicted octanol–water partition coefficient (Wildman–Crippen LogP) is 2.49. The van der Waals surface area contributed by atoms with Crippen molar-refractivity contribution in [3.8, 4) is 0 Å². The van der Waals surface area contributed by atoms with E-state index in [2.05, 4.69) is 26.0 Å². The Balaban J connectivity index is 2.02. The Hall–Kier alpha value is -2.23. The van der Waals surface area contributed by atoms with Gasteiger partial charge in [0.1, 0.15) is 0 Å². The van der Waals surface area contributed by atoms with Crippen LogP contribution in [0.2, 0.25) is 0 Å². The first-order chi connectivity index (χ1) is 12.2. The van der Waals surface area contributed by atoms with Crippen molar-refractivity contribution in [3.63, 3.8) is 0 Å². The molecule has 0 spiro atoms. The quantitative estimate of drug-likeness (QED) is 0.696. The van der Waals surface area contributed by atoms with Crippen LogP contribution in [0.25, 0.3) is 0 Å². The number of benzene rings is 2. The lowest BCUT2D eigenvalue weighted by molar-refractivity contribution is -0.116. The Kier molecular flexibility index (Phi) is 6.52. The highest BCUT2D eigenvalue weighted by molar-refractivity contribution is 9.10. The van der Waals surface area contributed by atoms with Gasteiger partial charge in [-0.15, -0.1) is 0 Å². The largest absolute Gasteiger partial charge is 0.465 e. The molecule has 0 aliphatic carbocycles. The molecule has 0 aliphatic rings. The number of sulfonamides is 1. The van der Waals surface area contributed by atoms with Crippen molar-refractivity contribution >= 4 is 43.5 Å². The standard InChI is InChI=1S/C17H17BrN2O5S/c1-20(26(23,24)15-9-5-13(18)6-10-15)11-16(21)19-14-7-3-12(4-8-14)17(22)25-2/h3-10H,11H2,1-2H3,(H,19,21). The molecule has 7 nitrogen and oxygen atoms in total. The number of nitrogens with zero attached hydrogens (tertiary/aromatic N) is 1. The van der Waals surface area contributed by atoms with Gasteiger partial charge in [-0.25, -0.2) is 13.2 Å². The van der Waals surface area contributed by atoms with Crippen molar-refractivity contribution in [3.05, 3.63) is 58.6 Å². The summed E-state index contributed by atoms with van der Waals surface area (Å²) in [4.78, 5) is 23.6. The van der Waals surface area contributed by atoms with Crippen LogP contribution >= 0.6 is 15.9 Å². The molecule has 2 rings (SSSR count). The third-order valence-corrected chi connectivity index (χ3v) is 5.82. The molecule has 2 aromatic carbocycles. The summed E-state index contributed by atoms with van der Waals surface area (Å²) in [7, 11) is -1.17. The number of hydrogen-bond donors (Lipinski definition) is 1. The first-order valence-electron chi connectivity index (χ1n) is 7.44. The van der Waals surface area contributed by atoms with Gasteiger partial charge in [0, 0.05) is 17.2 Å². The van der Waals surface area contributed by atoms with Crippen LogP contribution in [-0.4, -0.2) is 45.3 Å². The molecule has 0 bridgehead atoms. The summed E-state index contributed by atoms with van der Waals surface area (Å²) in [5, 5.41) is 2.58.